The van der Waals surface area contributed by atoms with Crippen LogP contribution in [0.5, 0.6) is 11.8 Å². The van der Waals surface area contributed by atoms with E-state index in [0.29, 0.717) is 37.5 Å². The predicted molar refractivity (Wildman–Crippen MR) is 66.1 cm³/mol. The van der Waals surface area contributed by atoms with Crippen molar-refractivity contribution in [2.24, 2.45) is 0 Å². The van der Waals surface area contributed by atoms with Crippen LogP contribution in [0.25, 0.3) is 0 Å². The largest absolute Gasteiger partial charge is 0.481 e. The van der Waals surface area contributed by atoms with E-state index in [1.54, 1.807) is 6.07 Å². The first-order valence-electron chi connectivity index (χ1n) is 5.69. The second kappa shape index (κ2) is 8.48. The summed E-state index contributed by atoms with van der Waals surface area (Å²) in [4.78, 5) is 8.26. The molecule has 0 saturated heterocycles. The van der Waals surface area contributed by atoms with Crippen molar-refractivity contribution in [1.29, 1.82) is 0 Å². The van der Waals surface area contributed by atoms with Crippen LogP contribution in [0, 0.1) is 0 Å². The Kier molecular flexibility index (Phi) is 6.82. The smallest absolute Gasteiger partial charge is 0.229 e. The third kappa shape index (κ3) is 5.15. The Morgan fingerprint density at radius 1 is 1.17 bits per heavy atom. The van der Waals surface area contributed by atoms with Gasteiger partial charge in [0.1, 0.15) is 0 Å². The maximum atomic E-state index is 8.53. The summed E-state index contributed by atoms with van der Waals surface area (Å²) in [6.07, 6.45) is 0.795. The van der Waals surface area contributed by atoms with E-state index in [1.165, 1.54) is 14.2 Å². The highest BCUT2D eigenvalue weighted by atomic mass is 16.5. The average molecular weight is 257 g/mol. The normalized spacial score (nSPS) is 10.2. The highest BCUT2D eigenvalue weighted by Crippen LogP contribution is 2.16. The summed E-state index contributed by atoms with van der Waals surface area (Å²) in [5.41, 5.74) is 0. The predicted octanol–water partition coefficient (Wildman–Crippen LogP) is 0.305. The SMILES string of the molecule is COc1cc(OC)nc(NCCCOCCO)n1. The molecule has 0 unspecified atom stereocenters. The molecule has 0 atom stereocenters. The monoisotopic (exact) mass is 257 g/mol. The average Bonchev–Trinajstić information content (AvgIpc) is 2.42. The molecule has 0 aliphatic carbocycles. The number of methoxy groups -OCH3 is 2. The van der Waals surface area contributed by atoms with Crippen molar-refractivity contribution in [3.8, 4) is 11.8 Å². The number of nitrogens with zero attached hydrogens (tertiary/aromatic N) is 2. The zero-order valence-corrected chi connectivity index (χ0v) is 10.7. The van der Waals surface area contributed by atoms with Gasteiger partial charge in [-0.15, -0.1) is 0 Å². The van der Waals surface area contributed by atoms with Gasteiger partial charge in [0.25, 0.3) is 0 Å². The Hall–Kier alpha value is -1.60. The number of nitrogens with one attached hydrogen (secondary N) is 1. The number of ether oxygens (including phenoxy) is 3. The van der Waals surface area contributed by atoms with Crippen molar-refractivity contribution in [3.63, 3.8) is 0 Å². The number of hydrogen-bond acceptors (Lipinski definition) is 7. The molecule has 1 rings (SSSR count). The van der Waals surface area contributed by atoms with E-state index in [9.17, 15) is 0 Å². The minimum absolute atomic E-state index is 0.0453. The standard InChI is InChI=1S/C11H19N3O4/c1-16-9-8-10(17-2)14-11(13-9)12-4-3-6-18-7-5-15/h8,15H,3-7H2,1-2H3,(H,12,13,14). The Balaban J connectivity index is 2.36. The minimum Gasteiger partial charge on any atom is -0.481 e. The molecule has 1 aromatic heterocycles. The fraction of sp³-hybridized carbons (Fsp3) is 0.636. The van der Waals surface area contributed by atoms with Crippen LogP contribution >= 0.6 is 0 Å². The van der Waals surface area contributed by atoms with Gasteiger partial charge < -0.3 is 24.6 Å². The van der Waals surface area contributed by atoms with Crippen LogP contribution in [0.3, 0.4) is 0 Å². The lowest BCUT2D eigenvalue weighted by molar-refractivity contribution is 0.0921. The Morgan fingerprint density at radius 3 is 2.39 bits per heavy atom. The summed E-state index contributed by atoms with van der Waals surface area (Å²) in [7, 11) is 3.07. The molecule has 0 spiro atoms. The molecule has 7 heteroatoms. The lowest BCUT2D eigenvalue weighted by Gasteiger charge is -2.08. The maximum absolute atomic E-state index is 8.53. The van der Waals surface area contributed by atoms with Gasteiger partial charge in [-0.1, -0.05) is 0 Å². The van der Waals surface area contributed by atoms with E-state index in [4.69, 9.17) is 19.3 Å². The van der Waals surface area contributed by atoms with Gasteiger partial charge in [0.15, 0.2) is 0 Å². The van der Waals surface area contributed by atoms with E-state index in [1.807, 2.05) is 0 Å². The quantitative estimate of drug-likeness (QED) is 0.615. The van der Waals surface area contributed by atoms with Crippen molar-refractivity contribution in [2.75, 3.05) is 45.9 Å². The lowest BCUT2D eigenvalue weighted by atomic mass is 10.4. The first-order valence-corrected chi connectivity index (χ1v) is 5.69. The number of aliphatic hydroxyl groups excluding tert-OH is 1. The summed E-state index contributed by atoms with van der Waals surface area (Å²) < 4.78 is 15.2. The Labute approximate surface area is 106 Å². The van der Waals surface area contributed by atoms with Gasteiger partial charge in [-0.2, -0.15) is 9.97 Å². The molecule has 0 aromatic carbocycles. The van der Waals surface area contributed by atoms with Crippen LogP contribution < -0.4 is 14.8 Å². The van der Waals surface area contributed by atoms with Crippen molar-refractivity contribution in [1.82, 2.24) is 9.97 Å². The first kappa shape index (κ1) is 14.5. The van der Waals surface area contributed by atoms with Crippen LogP contribution in [0.1, 0.15) is 6.42 Å². The minimum atomic E-state index is 0.0453. The fourth-order valence-corrected chi connectivity index (χ4v) is 1.23. The number of rotatable bonds is 9. The van der Waals surface area contributed by atoms with Gasteiger partial charge in [0, 0.05) is 13.2 Å². The summed E-state index contributed by atoms with van der Waals surface area (Å²) in [5.74, 6) is 1.34. The molecule has 7 nitrogen and oxygen atoms in total. The topological polar surface area (TPSA) is 85.7 Å². The zero-order valence-electron chi connectivity index (χ0n) is 10.7. The van der Waals surface area contributed by atoms with Gasteiger partial charge in [0.05, 0.1) is 33.5 Å². The molecule has 2 N–H and O–H groups in total. The Bertz CT molecular complexity index is 327. The molecule has 1 heterocycles. The molecule has 18 heavy (non-hydrogen) atoms. The molecule has 0 bridgehead atoms. The van der Waals surface area contributed by atoms with Gasteiger partial charge in [0.2, 0.25) is 17.7 Å². The third-order valence-electron chi connectivity index (χ3n) is 2.08. The second-order valence-corrected chi connectivity index (χ2v) is 3.39. The fourth-order valence-electron chi connectivity index (χ4n) is 1.23. The van der Waals surface area contributed by atoms with Crippen molar-refractivity contribution < 1.29 is 19.3 Å². The van der Waals surface area contributed by atoms with Gasteiger partial charge in [-0.3, -0.25) is 0 Å². The molecular formula is C11H19N3O4. The van der Waals surface area contributed by atoms with Crippen LogP contribution in [0.2, 0.25) is 0 Å². The molecule has 0 radical (unpaired) electrons. The molecule has 0 saturated carbocycles. The van der Waals surface area contributed by atoms with Crippen LogP contribution in [0.15, 0.2) is 6.07 Å². The summed E-state index contributed by atoms with van der Waals surface area (Å²) in [5, 5.41) is 11.6. The highest BCUT2D eigenvalue weighted by Gasteiger charge is 2.04. The van der Waals surface area contributed by atoms with Crippen LogP contribution in [-0.4, -0.2) is 55.7 Å². The van der Waals surface area contributed by atoms with Gasteiger partial charge in [-0.25, -0.2) is 0 Å². The van der Waals surface area contributed by atoms with Crippen molar-refractivity contribution in [2.45, 2.75) is 6.42 Å². The lowest BCUT2D eigenvalue weighted by Crippen LogP contribution is -2.10. The van der Waals surface area contributed by atoms with Crippen molar-refractivity contribution >= 4 is 5.95 Å². The maximum Gasteiger partial charge on any atom is 0.229 e. The number of aromatic nitrogens is 2. The van der Waals surface area contributed by atoms with Crippen molar-refractivity contribution in [3.05, 3.63) is 6.07 Å². The molecule has 0 fully saturated rings. The summed E-state index contributed by atoms with van der Waals surface area (Å²) in [6.45, 7) is 1.66. The number of aliphatic hydroxyl groups is 1. The Morgan fingerprint density at radius 2 is 1.83 bits per heavy atom. The first-order chi connectivity index (χ1) is 8.80. The third-order valence-corrected chi connectivity index (χ3v) is 2.08. The summed E-state index contributed by atoms with van der Waals surface area (Å²) in [6, 6.07) is 1.61. The van der Waals surface area contributed by atoms with Crippen LogP contribution in [0.4, 0.5) is 5.95 Å². The number of anilines is 1. The van der Waals surface area contributed by atoms with Crippen LogP contribution in [-0.2, 0) is 4.74 Å². The molecule has 102 valence electrons. The van der Waals surface area contributed by atoms with E-state index in [-0.39, 0.29) is 6.61 Å². The van der Waals surface area contributed by atoms with E-state index in [2.05, 4.69) is 15.3 Å². The van der Waals surface area contributed by atoms with E-state index < -0.39 is 0 Å². The summed E-state index contributed by atoms with van der Waals surface area (Å²) >= 11 is 0. The molecule has 0 aliphatic heterocycles. The van der Waals surface area contributed by atoms with Gasteiger partial charge in [-0.05, 0) is 6.42 Å². The molecule has 1 aromatic rings. The molecule has 0 amide bonds. The second-order valence-electron chi connectivity index (χ2n) is 3.39. The van der Waals surface area contributed by atoms with E-state index >= 15 is 0 Å². The van der Waals surface area contributed by atoms with E-state index in [0.717, 1.165) is 6.42 Å². The molecular weight excluding hydrogens is 238 g/mol. The van der Waals surface area contributed by atoms with Gasteiger partial charge >= 0.3 is 0 Å². The number of hydrogen-bond donors (Lipinski definition) is 2. The highest BCUT2D eigenvalue weighted by molar-refractivity contribution is 5.33. The zero-order chi connectivity index (χ0) is 13.2. The molecule has 0 aliphatic rings.